The summed E-state index contributed by atoms with van der Waals surface area (Å²) in [5.74, 6) is 1.81. The summed E-state index contributed by atoms with van der Waals surface area (Å²) in [6.07, 6.45) is 1.00. The first-order chi connectivity index (χ1) is 15.3. The molecule has 32 heavy (non-hydrogen) atoms. The number of ether oxygens (including phenoxy) is 2. The van der Waals surface area contributed by atoms with Crippen molar-refractivity contribution in [1.29, 1.82) is 0 Å². The van der Waals surface area contributed by atoms with Gasteiger partial charge >= 0.3 is 5.97 Å². The van der Waals surface area contributed by atoms with Gasteiger partial charge in [-0.3, -0.25) is 4.79 Å². The van der Waals surface area contributed by atoms with Gasteiger partial charge in [0.15, 0.2) is 0 Å². The number of esters is 1. The predicted molar refractivity (Wildman–Crippen MR) is 137 cm³/mol. The van der Waals surface area contributed by atoms with Crippen LogP contribution in [0.25, 0.3) is 0 Å². The summed E-state index contributed by atoms with van der Waals surface area (Å²) in [7, 11) is 1.72. The molecule has 3 atom stereocenters. The van der Waals surface area contributed by atoms with Crippen molar-refractivity contribution in [1.82, 2.24) is 0 Å². The van der Waals surface area contributed by atoms with Gasteiger partial charge < -0.3 is 9.47 Å². The fourth-order valence-corrected chi connectivity index (χ4v) is 5.70. The standard InChI is InChI=1S/C28H29IO3/c1-28(2,3)27(30)32-21-12-10-19(11-13-21)25-23-15-14-22(31-4)16-20(23)17-24(29)26(25)18-8-6-5-7-9-18/h5-16,24-26H,17H2,1-4H3/t24-,25+,26+/m0/s1. The molecule has 4 rings (SSSR count). The number of hydrogen-bond acceptors (Lipinski definition) is 3. The number of benzene rings is 3. The highest BCUT2D eigenvalue weighted by molar-refractivity contribution is 14.1. The summed E-state index contributed by atoms with van der Waals surface area (Å²) in [5, 5.41) is 0. The number of rotatable bonds is 4. The number of fused-ring (bicyclic) bond motifs is 1. The van der Waals surface area contributed by atoms with Crippen LogP contribution in [-0.2, 0) is 11.2 Å². The van der Waals surface area contributed by atoms with Gasteiger partial charge in [-0.1, -0.05) is 71.1 Å². The number of alkyl halides is 1. The summed E-state index contributed by atoms with van der Waals surface area (Å²) in [6, 6.07) is 25.3. The van der Waals surface area contributed by atoms with E-state index in [0.717, 1.165) is 12.2 Å². The highest BCUT2D eigenvalue weighted by atomic mass is 127. The average molecular weight is 540 g/mol. The van der Waals surface area contributed by atoms with E-state index in [-0.39, 0.29) is 11.9 Å². The quantitative estimate of drug-likeness (QED) is 0.156. The zero-order chi connectivity index (χ0) is 22.9. The number of halogens is 1. The lowest BCUT2D eigenvalue weighted by atomic mass is 9.69. The molecule has 0 fully saturated rings. The van der Waals surface area contributed by atoms with Crippen LogP contribution >= 0.6 is 22.6 Å². The molecule has 0 amide bonds. The van der Waals surface area contributed by atoms with Crippen LogP contribution < -0.4 is 9.47 Å². The van der Waals surface area contributed by atoms with Gasteiger partial charge in [0, 0.05) is 15.8 Å². The Bertz CT molecular complexity index is 1080. The highest BCUT2D eigenvalue weighted by Crippen LogP contribution is 2.49. The van der Waals surface area contributed by atoms with E-state index < -0.39 is 5.41 Å². The van der Waals surface area contributed by atoms with Gasteiger partial charge in [0.05, 0.1) is 12.5 Å². The van der Waals surface area contributed by atoms with Crippen LogP contribution in [0.15, 0.2) is 72.8 Å². The van der Waals surface area contributed by atoms with Gasteiger partial charge in [-0.2, -0.15) is 0 Å². The minimum Gasteiger partial charge on any atom is -0.497 e. The maximum atomic E-state index is 12.3. The Hall–Kier alpha value is -2.34. The van der Waals surface area contributed by atoms with Crippen molar-refractivity contribution in [3.8, 4) is 11.5 Å². The second-order valence-corrected chi connectivity index (χ2v) is 11.0. The molecule has 0 bridgehead atoms. The normalized spacial score (nSPS) is 20.3. The summed E-state index contributed by atoms with van der Waals surface area (Å²) < 4.78 is 11.5. The summed E-state index contributed by atoms with van der Waals surface area (Å²) in [5.41, 5.74) is 4.72. The van der Waals surface area contributed by atoms with Crippen molar-refractivity contribution in [2.75, 3.05) is 7.11 Å². The van der Waals surface area contributed by atoms with Crippen molar-refractivity contribution in [3.63, 3.8) is 0 Å². The Morgan fingerprint density at radius 3 is 2.19 bits per heavy atom. The molecule has 0 heterocycles. The van der Waals surface area contributed by atoms with Crippen molar-refractivity contribution >= 4 is 28.6 Å². The maximum Gasteiger partial charge on any atom is 0.316 e. The van der Waals surface area contributed by atoms with Gasteiger partial charge in [-0.15, -0.1) is 0 Å². The van der Waals surface area contributed by atoms with Crippen molar-refractivity contribution < 1.29 is 14.3 Å². The molecule has 0 radical (unpaired) electrons. The molecule has 0 N–H and O–H groups in total. The van der Waals surface area contributed by atoms with Crippen LogP contribution in [0.5, 0.6) is 11.5 Å². The van der Waals surface area contributed by atoms with Gasteiger partial charge in [-0.25, -0.2) is 0 Å². The van der Waals surface area contributed by atoms with Gasteiger partial charge in [-0.05, 0) is 73.7 Å². The summed E-state index contributed by atoms with van der Waals surface area (Å²) >= 11 is 2.61. The van der Waals surface area contributed by atoms with E-state index in [4.69, 9.17) is 9.47 Å². The molecule has 0 spiro atoms. The van der Waals surface area contributed by atoms with E-state index in [1.807, 2.05) is 32.9 Å². The fraction of sp³-hybridized carbons (Fsp3) is 0.321. The highest BCUT2D eigenvalue weighted by Gasteiger charge is 2.37. The van der Waals surface area contributed by atoms with Crippen LogP contribution in [0, 0.1) is 5.41 Å². The van der Waals surface area contributed by atoms with E-state index >= 15 is 0 Å². The van der Waals surface area contributed by atoms with E-state index in [9.17, 15) is 4.79 Å². The molecule has 1 aliphatic rings. The molecular formula is C28H29IO3. The number of carbonyl (C=O) groups is 1. The molecule has 3 aromatic rings. The summed E-state index contributed by atoms with van der Waals surface area (Å²) in [4.78, 5) is 12.3. The van der Waals surface area contributed by atoms with Gasteiger partial charge in [0.1, 0.15) is 11.5 Å². The first-order valence-corrected chi connectivity index (χ1v) is 12.2. The summed E-state index contributed by atoms with van der Waals surface area (Å²) in [6.45, 7) is 5.59. The predicted octanol–water partition coefficient (Wildman–Crippen LogP) is 6.92. The number of methoxy groups -OCH3 is 1. The smallest absolute Gasteiger partial charge is 0.316 e. The van der Waals surface area contributed by atoms with Crippen LogP contribution in [0.1, 0.15) is 54.9 Å². The molecule has 3 aromatic carbocycles. The minimum absolute atomic E-state index is 0.210. The van der Waals surface area contributed by atoms with Gasteiger partial charge in [0.25, 0.3) is 0 Å². The largest absolute Gasteiger partial charge is 0.497 e. The molecule has 166 valence electrons. The first-order valence-electron chi connectivity index (χ1n) is 11.0. The fourth-order valence-electron chi connectivity index (χ4n) is 4.40. The third kappa shape index (κ3) is 4.70. The first kappa shape index (κ1) is 22.8. The lowest BCUT2D eigenvalue weighted by molar-refractivity contribution is -0.142. The SMILES string of the molecule is COc1ccc2c(c1)C[C@H](I)[C@@H](c1ccccc1)[C@@H]2c1ccc(OC(=O)C(C)(C)C)cc1. The van der Waals surface area contributed by atoms with E-state index in [2.05, 4.69) is 83.3 Å². The van der Waals surface area contributed by atoms with Crippen LogP contribution in [-0.4, -0.2) is 17.0 Å². The van der Waals surface area contributed by atoms with Crippen molar-refractivity contribution in [2.45, 2.75) is 43.0 Å². The Kier molecular flexibility index (Phi) is 6.61. The van der Waals surface area contributed by atoms with Crippen molar-refractivity contribution in [2.24, 2.45) is 5.41 Å². The zero-order valence-electron chi connectivity index (χ0n) is 19.0. The third-order valence-electron chi connectivity index (χ3n) is 6.10. The Morgan fingerprint density at radius 1 is 0.906 bits per heavy atom. The van der Waals surface area contributed by atoms with E-state index in [1.54, 1.807) is 7.11 Å². The molecule has 3 nitrogen and oxygen atoms in total. The molecule has 0 unspecified atom stereocenters. The lowest BCUT2D eigenvalue weighted by Gasteiger charge is -2.38. The van der Waals surface area contributed by atoms with Crippen molar-refractivity contribution in [3.05, 3.63) is 95.1 Å². The van der Waals surface area contributed by atoms with Crippen LogP contribution in [0.2, 0.25) is 0 Å². The third-order valence-corrected chi connectivity index (χ3v) is 7.31. The Labute approximate surface area is 204 Å². The monoisotopic (exact) mass is 540 g/mol. The molecule has 0 saturated heterocycles. The molecule has 0 aromatic heterocycles. The van der Waals surface area contributed by atoms with Crippen LogP contribution in [0.3, 0.4) is 0 Å². The molecule has 0 saturated carbocycles. The number of hydrogen-bond donors (Lipinski definition) is 0. The second kappa shape index (κ2) is 9.26. The van der Waals surface area contributed by atoms with E-state index in [0.29, 0.717) is 15.6 Å². The molecule has 1 aliphatic carbocycles. The zero-order valence-corrected chi connectivity index (χ0v) is 21.1. The van der Waals surface area contributed by atoms with Crippen LogP contribution in [0.4, 0.5) is 0 Å². The molecular weight excluding hydrogens is 511 g/mol. The molecule has 0 aliphatic heterocycles. The second-order valence-electron chi connectivity index (χ2n) is 9.41. The Balaban J connectivity index is 1.75. The topological polar surface area (TPSA) is 35.5 Å². The lowest BCUT2D eigenvalue weighted by Crippen LogP contribution is -2.29. The van der Waals surface area contributed by atoms with Gasteiger partial charge in [0.2, 0.25) is 0 Å². The average Bonchev–Trinajstić information content (AvgIpc) is 2.78. The van der Waals surface area contributed by atoms with E-state index in [1.165, 1.54) is 22.3 Å². The molecule has 4 heteroatoms. The minimum atomic E-state index is -0.535. The Morgan fingerprint density at radius 2 is 1.56 bits per heavy atom. The maximum absolute atomic E-state index is 12.3. The number of carbonyl (C=O) groups excluding carboxylic acids is 1.